The minimum Gasteiger partial charge on any atom is -0.486 e. The molecule has 0 atom stereocenters. The second-order valence-corrected chi connectivity index (χ2v) is 3.87. The van der Waals surface area contributed by atoms with Crippen molar-refractivity contribution >= 4 is 5.69 Å². The molecule has 0 radical (unpaired) electrons. The van der Waals surface area contributed by atoms with E-state index < -0.39 is 40.4 Å². The Balaban J connectivity index is 2.21. The van der Waals surface area contributed by atoms with Gasteiger partial charge in [0.05, 0.1) is 4.92 Å². The summed E-state index contributed by atoms with van der Waals surface area (Å²) >= 11 is 0. The molecule has 0 aromatic heterocycles. The zero-order valence-electron chi connectivity index (χ0n) is 9.98. The van der Waals surface area contributed by atoms with Gasteiger partial charge >= 0.3 is 5.69 Å². The molecule has 0 heterocycles. The number of rotatable bonds is 4. The third-order valence-electron chi connectivity index (χ3n) is 2.53. The first-order chi connectivity index (χ1) is 9.49. The average molecular weight is 283 g/mol. The maximum atomic E-state index is 13.7. The number of hydrogen-bond donors (Lipinski definition) is 0. The molecule has 2 aromatic carbocycles. The first kappa shape index (κ1) is 13.9. The number of nitrogens with zero attached hydrogens (tertiary/aromatic N) is 1. The van der Waals surface area contributed by atoms with Crippen molar-refractivity contribution in [3.05, 3.63) is 69.5 Å². The molecular weight excluding hydrogens is 275 g/mol. The fourth-order valence-corrected chi connectivity index (χ4v) is 1.56. The average Bonchev–Trinajstić information content (AvgIpc) is 2.41. The normalized spacial score (nSPS) is 10.3. The lowest BCUT2D eigenvalue weighted by Crippen LogP contribution is -2.03. The summed E-state index contributed by atoms with van der Waals surface area (Å²) in [5.41, 5.74) is -0.825. The Morgan fingerprint density at radius 1 is 1.15 bits per heavy atom. The fraction of sp³-hybridized carbons (Fsp3) is 0.0769. The highest BCUT2D eigenvalue weighted by molar-refractivity contribution is 5.37. The number of nitro benzene ring substituents is 1. The summed E-state index contributed by atoms with van der Waals surface area (Å²) in [6.45, 7) is -0.451. The summed E-state index contributed by atoms with van der Waals surface area (Å²) < 4.78 is 44.9. The van der Waals surface area contributed by atoms with Crippen LogP contribution in [0.15, 0.2) is 36.4 Å². The molecule has 0 amide bonds. The highest BCUT2D eigenvalue weighted by Crippen LogP contribution is 2.23. The highest BCUT2D eigenvalue weighted by atomic mass is 19.1. The summed E-state index contributed by atoms with van der Waals surface area (Å²) in [5.74, 6) is -2.97. The summed E-state index contributed by atoms with van der Waals surface area (Å²) in [6, 6.07) is 6.14. The molecule has 0 N–H and O–H groups in total. The molecule has 4 nitrogen and oxygen atoms in total. The van der Waals surface area contributed by atoms with Gasteiger partial charge in [-0.2, -0.15) is 4.39 Å². The third-order valence-corrected chi connectivity index (χ3v) is 2.53. The largest absolute Gasteiger partial charge is 0.486 e. The third kappa shape index (κ3) is 2.87. The highest BCUT2D eigenvalue weighted by Gasteiger charge is 2.17. The lowest BCUT2D eigenvalue weighted by Gasteiger charge is -2.08. The number of nitro groups is 1. The van der Waals surface area contributed by atoms with Crippen molar-refractivity contribution in [2.24, 2.45) is 0 Å². The van der Waals surface area contributed by atoms with Crippen LogP contribution in [0.5, 0.6) is 5.75 Å². The quantitative estimate of drug-likeness (QED) is 0.636. The molecule has 0 fully saturated rings. The molecule has 104 valence electrons. The van der Waals surface area contributed by atoms with Gasteiger partial charge in [0.25, 0.3) is 0 Å². The van der Waals surface area contributed by atoms with E-state index in [2.05, 4.69) is 0 Å². The van der Waals surface area contributed by atoms with Gasteiger partial charge in [0, 0.05) is 17.7 Å². The molecular formula is C13H8F3NO3. The van der Waals surface area contributed by atoms with E-state index in [1.807, 2.05) is 0 Å². The standard InChI is InChI=1S/C13H8F3NO3/c14-9-4-5-10(15)12(6-9)20-7-8-2-1-3-11(13(8)16)17(18)19/h1-6H,7H2. The van der Waals surface area contributed by atoms with Crippen molar-refractivity contribution < 1.29 is 22.8 Å². The minimum atomic E-state index is -1.06. The van der Waals surface area contributed by atoms with Crippen molar-refractivity contribution in [2.45, 2.75) is 6.61 Å². The summed E-state index contributed by atoms with van der Waals surface area (Å²) in [5, 5.41) is 10.6. The van der Waals surface area contributed by atoms with Crippen LogP contribution in [-0.2, 0) is 6.61 Å². The van der Waals surface area contributed by atoms with E-state index >= 15 is 0 Å². The molecule has 0 spiro atoms. The van der Waals surface area contributed by atoms with Gasteiger partial charge in [0.15, 0.2) is 11.6 Å². The zero-order valence-corrected chi connectivity index (χ0v) is 9.98. The van der Waals surface area contributed by atoms with E-state index in [1.165, 1.54) is 12.1 Å². The predicted octanol–water partition coefficient (Wildman–Crippen LogP) is 3.59. The van der Waals surface area contributed by atoms with E-state index in [9.17, 15) is 23.3 Å². The first-order valence-corrected chi connectivity index (χ1v) is 5.48. The SMILES string of the molecule is O=[N+]([O-])c1cccc(COc2cc(F)ccc2F)c1F. The molecule has 0 bridgehead atoms. The van der Waals surface area contributed by atoms with Gasteiger partial charge in [0.2, 0.25) is 5.82 Å². The Morgan fingerprint density at radius 3 is 2.60 bits per heavy atom. The van der Waals surface area contributed by atoms with Gasteiger partial charge in [-0.15, -0.1) is 0 Å². The van der Waals surface area contributed by atoms with Gasteiger partial charge in [-0.05, 0) is 12.1 Å². The van der Waals surface area contributed by atoms with E-state index in [0.29, 0.717) is 0 Å². The lowest BCUT2D eigenvalue weighted by atomic mass is 10.2. The van der Waals surface area contributed by atoms with Crippen LogP contribution in [0.25, 0.3) is 0 Å². The van der Waals surface area contributed by atoms with Crippen LogP contribution < -0.4 is 4.74 Å². The van der Waals surface area contributed by atoms with E-state index in [1.54, 1.807) is 0 Å². The molecule has 7 heteroatoms. The Kier molecular flexibility index (Phi) is 3.88. The maximum Gasteiger partial charge on any atom is 0.305 e. The molecule has 0 unspecified atom stereocenters. The molecule has 0 aliphatic carbocycles. The number of ether oxygens (including phenoxy) is 1. The first-order valence-electron chi connectivity index (χ1n) is 5.48. The van der Waals surface area contributed by atoms with E-state index in [-0.39, 0.29) is 5.56 Å². The summed E-state index contributed by atoms with van der Waals surface area (Å²) in [6.07, 6.45) is 0. The van der Waals surface area contributed by atoms with Gasteiger partial charge in [-0.25, -0.2) is 8.78 Å². The van der Waals surface area contributed by atoms with Crippen molar-refractivity contribution in [3.8, 4) is 5.75 Å². The van der Waals surface area contributed by atoms with Crippen LogP contribution in [0.1, 0.15) is 5.56 Å². The van der Waals surface area contributed by atoms with Crippen molar-refractivity contribution in [2.75, 3.05) is 0 Å². The molecule has 2 aromatic rings. The van der Waals surface area contributed by atoms with Crippen LogP contribution >= 0.6 is 0 Å². The number of halogens is 3. The topological polar surface area (TPSA) is 52.4 Å². The van der Waals surface area contributed by atoms with Crippen molar-refractivity contribution in [1.29, 1.82) is 0 Å². The monoisotopic (exact) mass is 283 g/mol. The van der Waals surface area contributed by atoms with E-state index in [4.69, 9.17) is 4.74 Å². The maximum absolute atomic E-state index is 13.7. The van der Waals surface area contributed by atoms with Crippen molar-refractivity contribution in [1.82, 2.24) is 0 Å². The smallest absolute Gasteiger partial charge is 0.305 e. The van der Waals surface area contributed by atoms with Crippen LogP contribution in [0.2, 0.25) is 0 Å². The Bertz CT molecular complexity index is 661. The van der Waals surface area contributed by atoms with Crippen LogP contribution in [0.4, 0.5) is 18.9 Å². The van der Waals surface area contributed by atoms with Gasteiger partial charge in [-0.1, -0.05) is 12.1 Å². The summed E-state index contributed by atoms with van der Waals surface area (Å²) in [7, 11) is 0. The number of benzene rings is 2. The summed E-state index contributed by atoms with van der Waals surface area (Å²) in [4.78, 5) is 9.69. The number of hydrogen-bond acceptors (Lipinski definition) is 3. The molecule has 20 heavy (non-hydrogen) atoms. The van der Waals surface area contributed by atoms with Gasteiger partial charge in [0.1, 0.15) is 12.4 Å². The van der Waals surface area contributed by atoms with Crippen molar-refractivity contribution in [3.63, 3.8) is 0 Å². The Hall–Kier alpha value is -2.57. The van der Waals surface area contributed by atoms with E-state index in [0.717, 1.165) is 24.3 Å². The van der Waals surface area contributed by atoms with Crippen LogP contribution in [0.3, 0.4) is 0 Å². The lowest BCUT2D eigenvalue weighted by molar-refractivity contribution is -0.387. The molecule has 0 aliphatic heterocycles. The predicted molar refractivity (Wildman–Crippen MR) is 63.7 cm³/mol. The van der Waals surface area contributed by atoms with Crippen LogP contribution in [0, 0.1) is 27.6 Å². The fourth-order valence-electron chi connectivity index (χ4n) is 1.56. The zero-order chi connectivity index (χ0) is 14.7. The van der Waals surface area contributed by atoms with Crippen LogP contribution in [-0.4, -0.2) is 4.92 Å². The molecule has 2 rings (SSSR count). The Labute approximate surface area is 111 Å². The Morgan fingerprint density at radius 2 is 1.90 bits per heavy atom. The minimum absolute atomic E-state index is 0.122. The molecule has 0 saturated heterocycles. The second-order valence-electron chi connectivity index (χ2n) is 3.87. The van der Waals surface area contributed by atoms with Gasteiger partial charge in [-0.3, -0.25) is 10.1 Å². The second kappa shape index (κ2) is 5.60. The molecule has 0 aliphatic rings. The van der Waals surface area contributed by atoms with Gasteiger partial charge < -0.3 is 4.74 Å². The molecule has 0 saturated carbocycles.